The lowest BCUT2D eigenvalue weighted by Gasteiger charge is -2.47. The van der Waals surface area contributed by atoms with Gasteiger partial charge in [-0.15, -0.1) is 0 Å². The lowest BCUT2D eigenvalue weighted by molar-refractivity contribution is -0.160. The van der Waals surface area contributed by atoms with E-state index in [-0.39, 0.29) is 16.4 Å². The first-order valence-corrected chi connectivity index (χ1v) is 9.23. The summed E-state index contributed by atoms with van der Waals surface area (Å²) in [6, 6.07) is -4.55. The summed E-state index contributed by atoms with van der Waals surface area (Å²) in [5.41, 5.74) is 4.58. The minimum atomic E-state index is -4.16. The number of hydrogen-bond acceptors (Lipinski definition) is 6. The fourth-order valence-electron chi connectivity index (χ4n) is 3.08. The molecule has 30 heavy (non-hydrogen) atoms. The van der Waals surface area contributed by atoms with Crippen molar-refractivity contribution in [1.82, 2.24) is 4.90 Å². The summed E-state index contributed by atoms with van der Waals surface area (Å²) >= 11 is 0. The Kier molecular flexibility index (Phi) is 2.86. The van der Waals surface area contributed by atoms with Crippen molar-refractivity contribution in [2.75, 3.05) is 27.2 Å². The highest BCUT2D eigenvalue weighted by atomic mass is 16.5. The predicted molar refractivity (Wildman–Crippen MR) is 118 cm³/mol. The van der Waals surface area contributed by atoms with Gasteiger partial charge in [0.25, 0.3) is 0 Å². The van der Waals surface area contributed by atoms with E-state index in [1.807, 2.05) is 0 Å². The van der Waals surface area contributed by atoms with E-state index in [0.29, 0.717) is 0 Å². The second-order valence-corrected chi connectivity index (χ2v) is 7.14. The number of fused-ring (bicyclic) bond motifs is 3. The fourth-order valence-corrected chi connectivity index (χ4v) is 3.08. The average molecular weight is 437 g/mol. The molecule has 0 amide bonds. The van der Waals surface area contributed by atoms with Gasteiger partial charge < -0.3 is 19.9 Å². The van der Waals surface area contributed by atoms with Crippen molar-refractivity contribution in [3.05, 3.63) is 23.3 Å². The number of aryl methyl sites for hydroxylation is 1. The number of esters is 1. The number of hydrogen-bond donors (Lipinski definition) is 1. The highest BCUT2D eigenvalue weighted by Crippen LogP contribution is 2.44. The van der Waals surface area contributed by atoms with Gasteiger partial charge in [-0.05, 0) is 47.9 Å². The Morgan fingerprint density at radius 1 is 1.37 bits per heavy atom. The maximum absolute atomic E-state index is 13.7. The first-order valence-electron chi connectivity index (χ1n) is 18.2. The normalized spacial score (nSPS) is 47.6. The molecule has 1 saturated heterocycles. The molecule has 2 aliphatic rings. The van der Waals surface area contributed by atoms with Crippen molar-refractivity contribution in [3.8, 4) is 11.5 Å². The molecule has 168 valence electrons. The number of methoxy groups -OCH3 is 2. The van der Waals surface area contributed by atoms with E-state index in [4.69, 9.17) is 36.4 Å². The van der Waals surface area contributed by atoms with Crippen molar-refractivity contribution in [2.45, 2.75) is 64.9 Å². The number of carbonyl (C=O) groups excluding carboxylic acids is 1. The number of ether oxygens (including phenoxy) is 3. The molecule has 1 aromatic rings. The second-order valence-electron chi connectivity index (χ2n) is 7.14. The zero-order chi connectivity index (χ0) is 37.9. The first-order chi connectivity index (χ1) is 21.1. The Balaban J connectivity index is 2.50. The van der Waals surface area contributed by atoms with Crippen LogP contribution in [0, 0.1) is 17.7 Å². The number of rotatable bonds is 7. The Labute approximate surface area is 206 Å². The quantitative estimate of drug-likeness (QED) is 0.659. The summed E-state index contributed by atoms with van der Waals surface area (Å²) in [6.45, 7) is -12.3. The molecule has 0 spiro atoms. The summed E-state index contributed by atoms with van der Waals surface area (Å²) in [6.07, 6.45) is -11.6. The van der Waals surface area contributed by atoms with E-state index < -0.39 is 98.8 Å². The van der Waals surface area contributed by atoms with Crippen molar-refractivity contribution in [3.63, 3.8) is 0 Å². The smallest absolute Gasteiger partial charge is 0.323 e. The Bertz CT molecular complexity index is 1430. The van der Waals surface area contributed by atoms with Gasteiger partial charge in [-0.1, -0.05) is 27.6 Å². The van der Waals surface area contributed by atoms with Crippen LogP contribution in [0.4, 0.5) is 0 Å². The lowest BCUT2D eigenvalue weighted by atomic mass is 9.79. The number of nitrogens with zero attached hydrogens (tertiary/aromatic N) is 1. The molecule has 0 radical (unpaired) electrons. The fraction of sp³-hybridized carbons (Fsp3) is 0.708. The van der Waals surface area contributed by atoms with Gasteiger partial charge in [0.2, 0.25) is 0 Å². The molecule has 1 fully saturated rings. The van der Waals surface area contributed by atoms with Gasteiger partial charge in [-0.2, -0.15) is 0 Å². The Morgan fingerprint density at radius 3 is 2.70 bits per heavy atom. The van der Waals surface area contributed by atoms with Crippen molar-refractivity contribution in [2.24, 2.45) is 23.4 Å². The summed E-state index contributed by atoms with van der Waals surface area (Å²) in [5.74, 6) is -11.2. The second kappa shape index (κ2) is 9.56. The van der Waals surface area contributed by atoms with Crippen molar-refractivity contribution < 1.29 is 43.7 Å². The summed E-state index contributed by atoms with van der Waals surface area (Å²) in [7, 11) is 2.35. The van der Waals surface area contributed by atoms with Crippen LogP contribution >= 0.6 is 0 Å². The van der Waals surface area contributed by atoms with Crippen LogP contribution in [-0.2, 0) is 15.9 Å². The van der Waals surface area contributed by atoms with E-state index >= 15 is 0 Å². The molecule has 0 aliphatic carbocycles. The third kappa shape index (κ3) is 4.75. The van der Waals surface area contributed by atoms with Crippen LogP contribution in [0.5, 0.6) is 11.5 Å². The van der Waals surface area contributed by atoms with Gasteiger partial charge >= 0.3 is 5.97 Å². The highest BCUT2D eigenvalue weighted by molar-refractivity contribution is 5.76. The van der Waals surface area contributed by atoms with Crippen LogP contribution < -0.4 is 15.2 Å². The highest BCUT2D eigenvalue weighted by Gasteiger charge is 2.41. The van der Waals surface area contributed by atoms with E-state index in [9.17, 15) is 13.0 Å². The van der Waals surface area contributed by atoms with Crippen LogP contribution in [0.3, 0.4) is 0 Å². The zero-order valence-electron chi connectivity index (χ0n) is 35.2. The molecule has 3 rings (SSSR count). The zero-order valence-corrected chi connectivity index (χ0v) is 17.2. The maximum atomic E-state index is 13.7. The third-order valence-electron chi connectivity index (χ3n) is 4.51. The van der Waals surface area contributed by atoms with E-state index in [1.165, 1.54) is 28.1 Å². The Morgan fingerprint density at radius 2 is 2.07 bits per heavy atom. The van der Waals surface area contributed by atoms with Crippen LogP contribution in [0.25, 0.3) is 0 Å². The molecule has 0 saturated carbocycles. The molecule has 3 unspecified atom stereocenters. The molecule has 2 heterocycles. The average Bonchev–Trinajstić information content (AvgIpc) is 2.90. The summed E-state index contributed by atoms with van der Waals surface area (Å²) in [5, 5.41) is 0. The molecule has 6 heteroatoms. The van der Waals surface area contributed by atoms with Gasteiger partial charge in [-0.3, -0.25) is 9.69 Å². The third-order valence-corrected chi connectivity index (χ3v) is 4.51. The van der Waals surface area contributed by atoms with Crippen LogP contribution in [0.1, 0.15) is 82.2 Å². The molecule has 6 nitrogen and oxygen atoms in total. The largest absolute Gasteiger partial charge is 0.493 e. The van der Waals surface area contributed by atoms with Crippen molar-refractivity contribution in [1.29, 1.82) is 0 Å². The monoisotopic (exact) mass is 436 g/mol. The summed E-state index contributed by atoms with van der Waals surface area (Å²) < 4.78 is 169. The first kappa shape index (κ1) is 8.99. The van der Waals surface area contributed by atoms with Crippen LogP contribution in [0.15, 0.2) is 12.1 Å². The minimum Gasteiger partial charge on any atom is -0.493 e. The van der Waals surface area contributed by atoms with Crippen molar-refractivity contribution >= 4 is 5.97 Å². The molecular formula is C24H38N2O4. The van der Waals surface area contributed by atoms with Crippen LogP contribution in [-0.4, -0.2) is 50.2 Å². The molecule has 1 aromatic carbocycles. The standard InChI is InChI=1S/C24H38N2O4/c1-14(2)9-17-13-26-8-7-16-10-21(28-5)22(29-6)11-18(16)19(26)12-20(17)30-24(27)23(25)15(3)4/h10-11,14-15,17,19-20,23H,7-9,12-13,25H2,1-6H3/t17?,19?,20?,23-/m0/s1/i3D3,4D3,7D2,8D2,12D2,13D2,15D,17D,20D,23D. The number of nitrogens with two attached hydrogens (primary N) is 1. The SMILES string of the molecule is [2H]C([2H])([2H])C([2H])(C([2H])([2H])[2H])[C@]([2H])(N)C(=O)OC1([2H])C([2H])([2H])C2c3cc(OC)c(OC)cc3C([2H])([2H])C([2H])([2H])N2C([2H])([2H])C1([2H])CC(C)C. The number of carbonyl (C=O) groups is 1. The van der Waals surface area contributed by atoms with E-state index in [2.05, 4.69) is 0 Å². The topological polar surface area (TPSA) is 74.0 Å². The molecule has 2 N–H and O–H groups in total. The van der Waals surface area contributed by atoms with Gasteiger partial charge in [-0.25, -0.2) is 0 Å². The van der Waals surface area contributed by atoms with Gasteiger partial charge in [0.1, 0.15) is 12.1 Å². The van der Waals surface area contributed by atoms with Gasteiger partial charge in [0.05, 0.1) is 17.0 Å². The number of benzene rings is 1. The molecule has 0 bridgehead atoms. The minimum absolute atomic E-state index is 0.111. The number of piperidine rings is 1. The Hall–Kier alpha value is -1.79. The predicted octanol–water partition coefficient (Wildman–Crippen LogP) is 3.56. The molecule has 0 aromatic heterocycles. The van der Waals surface area contributed by atoms with Gasteiger partial charge in [0, 0.05) is 53.2 Å². The molecule has 2 aliphatic heterocycles. The van der Waals surface area contributed by atoms with E-state index in [1.54, 1.807) is 0 Å². The van der Waals surface area contributed by atoms with E-state index in [0.717, 1.165) is 12.1 Å². The molecule has 4 atom stereocenters. The van der Waals surface area contributed by atoms with Crippen LogP contribution in [0.2, 0.25) is 0 Å². The summed E-state index contributed by atoms with van der Waals surface area (Å²) in [4.78, 5) is 13.9. The lowest BCUT2D eigenvalue weighted by Crippen LogP contribution is -2.51. The molecular weight excluding hydrogens is 380 g/mol. The maximum Gasteiger partial charge on any atom is 0.323 e. The van der Waals surface area contributed by atoms with Gasteiger partial charge in [0.15, 0.2) is 11.5 Å².